The molecule has 0 saturated carbocycles. The molecule has 0 aliphatic rings. The molecule has 0 bridgehead atoms. The Morgan fingerprint density at radius 3 is 2.39 bits per heavy atom. The maximum absolute atomic E-state index is 11.1. The molecule has 5 heteroatoms. The van der Waals surface area contributed by atoms with Crippen LogP contribution in [0.4, 0.5) is 0 Å². The Kier molecular flexibility index (Phi) is 4.39. The highest BCUT2D eigenvalue weighted by molar-refractivity contribution is 7.15. The van der Waals surface area contributed by atoms with Crippen LogP contribution in [-0.2, 0) is 11.2 Å². The van der Waals surface area contributed by atoms with Gasteiger partial charge in [-0.3, -0.25) is 4.79 Å². The molecule has 0 aliphatic carbocycles. The van der Waals surface area contributed by atoms with Gasteiger partial charge >= 0.3 is 5.97 Å². The van der Waals surface area contributed by atoms with E-state index in [-0.39, 0.29) is 6.42 Å². The smallest absolute Gasteiger partial charge is 0.308 e. The van der Waals surface area contributed by atoms with Gasteiger partial charge in [0.1, 0.15) is 10.8 Å². The normalized spacial score (nSPS) is 10.5. The Morgan fingerprint density at radius 2 is 1.78 bits per heavy atom. The minimum Gasteiger partial charge on any atom is -0.497 e. The van der Waals surface area contributed by atoms with Crippen molar-refractivity contribution in [2.75, 3.05) is 7.11 Å². The van der Waals surface area contributed by atoms with E-state index in [9.17, 15) is 4.79 Å². The largest absolute Gasteiger partial charge is 0.497 e. The van der Waals surface area contributed by atoms with Gasteiger partial charge < -0.3 is 9.84 Å². The average molecular weight is 325 g/mol. The topological polar surface area (TPSA) is 59.4 Å². The van der Waals surface area contributed by atoms with E-state index in [0.29, 0.717) is 0 Å². The number of aromatic nitrogens is 1. The molecule has 0 fully saturated rings. The number of nitrogens with zero attached hydrogens (tertiary/aromatic N) is 1. The number of hydrogen-bond acceptors (Lipinski definition) is 4. The van der Waals surface area contributed by atoms with Crippen molar-refractivity contribution in [3.8, 4) is 27.6 Å². The maximum Gasteiger partial charge on any atom is 0.308 e. The SMILES string of the molecule is COc1ccc(-c2nc(-c3ccccc3)c(CC(=O)O)s2)cc1. The third-order valence-corrected chi connectivity index (χ3v) is 4.50. The zero-order chi connectivity index (χ0) is 16.2. The summed E-state index contributed by atoms with van der Waals surface area (Å²) in [7, 11) is 1.62. The highest BCUT2D eigenvalue weighted by Crippen LogP contribution is 2.34. The Morgan fingerprint density at radius 1 is 1.09 bits per heavy atom. The minimum atomic E-state index is -0.855. The van der Waals surface area contributed by atoms with E-state index in [1.54, 1.807) is 7.11 Å². The lowest BCUT2D eigenvalue weighted by Crippen LogP contribution is -1.99. The van der Waals surface area contributed by atoms with Crippen molar-refractivity contribution in [1.29, 1.82) is 0 Å². The lowest BCUT2D eigenvalue weighted by molar-refractivity contribution is -0.136. The first-order valence-electron chi connectivity index (χ1n) is 7.08. The van der Waals surface area contributed by atoms with Crippen LogP contribution in [0.3, 0.4) is 0 Å². The fourth-order valence-corrected chi connectivity index (χ4v) is 3.37. The molecule has 0 atom stereocenters. The Balaban J connectivity index is 2.05. The van der Waals surface area contributed by atoms with Crippen LogP contribution in [0.2, 0.25) is 0 Å². The van der Waals surface area contributed by atoms with Crippen molar-refractivity contribution in [2.45, 2.75) is 6.42 Å². The molecule has 3 aromatic rings. The van der Waals surface area contributed by atoms with Crippen LogP contribution in [0.15, 0.2) is 54.6 Å². The molecule has 1 heterocycles. The van der Waals surface area contributed by atoms with Gasteiger partial charge in [0.05, 0.1) is 19.2 Å². The van der Waals surface area contributed by atoms with Crippen molar-refractivity contribution in [3.05, 3.63) is 59.5 Å². The fraction of sp³-hybridized carbons (Fsp3) is 0.111. The van der Waals surface area contributed by atoms with Gasteiger partial charge in [-0.1, -0.05) is 30.3 Å². The minimum absolute atomic E-state index is 0.0297. The molecule has 4 nitrogen and oxygen atoms in total. The van der Waals surface area contributed by atoms with Gasteiger partial charge in [-0.05, 0) is 24.3 Å². The molecule has 1 aromatic heterocycles. The van der Waals surface area contributed by atoms with E-state index in [1.165, 1.54) is 11.3 Å². The summed E-state index contributed by atoms with van der Waals surface area (Å²) >= 11 is 1.42. The molecule has 2 aromatic carbocycles. The first-order chi connectivity index (χ1) is 11.2. The summed E-state index contributed by atoms with van der Waals surface area (Å²) < 4.78 is 5.16. The molecule has 3 rings (SSSR count). The molecule has 23 heavy (non-hydrogen) atoms. The van der Waals surface area contributed by atoms with Crippen LogP contribution >= 0.6 is 11.3 Å². The second kappa shape index (κ2) is 6.62. The van der Waals surface area contributed by atoms with E-state index >= 15 is 0 Å². The summed E-state index contributed by atoms with van der Waals surface area (Å²) in [6.45, 7) is 0. The third kappa shape index (κ3) is 3.40. The van der Waals surface area contributed by atoms with E-state index in [4.69, 9.17) is 9.84 Å². The Hall–Kier alpha value is -2.66. The lowest BCUT2D eigenvalue weighted by atomic mass is 10.1. The van der Waals surface area contributed by atoms with Crippen molar-refractivity contribution in [1.82, 2.24) is 4.98 Å². The Labute approximate surface area is 138 Å². The monoisotopic (exact) mass is 325 g/mol. The van der Waals surface area contributed by atoms with Crippen LogP contribution in [0.1, 0.15) is 4.88 Å². The quantitative estimate of drug-likeness (QED) is 0.767. The number of aliphatic carboxylic acids is 1. The van der Waals surface area contributed by atoms with Gasteiger partial charge in [0, 0.05) is 16.0 Å². The van der Waals surface area contributed by atoms with E-state index in [2.05, 4.69) is 4.98 Å². The van der Waals surface area contributed by atoms with Gasteiger partial charge in [0.15, 0.2) is 0 Å². The van der Waals surface area contributed by atoms with Crippen LogP contribution in [-0.4, -0.2) is 23.2 Å². The van der Waals surface area contributed by atoms with Crippen LogP contribution < -0.4 is 4.74 Å². The number of thiazole rings is 1. The zero-order valence-corrected chi connectivity index (χ0v) is 13.3. The number of carbonyl (C=O) groups is 1. The Bertz CT molecular complexity index is 810. The molecule has 0 aliphatic heterocycles. The molecule has 0 unspecified atom stereocenters. The predicted molar refractivity (Wildman–Crippen MR) is 90.9 cm³/mol. The van der Waals surface area contributed by atoms with Crippen LogP contribution in [0, 0.1) is 0 Å². The molecule has 0 spiro atoms. The van der Waals surface area contributed by atoms with E-state index < -0.39 is 5.97 Å². The number of carboxylic acids is 1. The molecule has 1 N–H and O–H groups in total. The van der Waals surface area contributed by atoms with Gasteiger partial charge in [0.2, 0.25) is 0 Å². The van der Waals surface area contributed by atoms with E-state index in [1.807, 2.05) is 54.6 Å². The second-order valence-electron chi connectivity index (χ2n) is 4.96. The van der Waals surface area contributed by atoms with Gasteiger partial charge in [-0.2, -0.15) is 0 Å². The number of methoxy groups -OCH3 is 1. The highest BCUT2D eigenvalue weighted by atomic mass is 32.1. The number of carboxylic acid groups (broad SMARTS) is 1. The van der Waals surface area contributed by atoms with Crippen LogP contribution in [0.5, 0.6) is 5.75 Å². The summed E-state index contributed by atoms with van der Waals surface area (Å²) in [5, 5.41) is 9.96. The fourth-order valence-electron chi connectivity index (χ4n) is 2.29. The van der Waals surface area contributed by atoms with Gasteiger partial charge in [0.25, 0.3) is 0 Å². The van der Waals surface area contributed by atoms with Crippen molar-refractivity contribution in [3.63, 3.8) is 0 Å². The standard InChI is InChI=1S/C18H15NO3S/c1-22-14-9-7-13(8-10-14)18-19-17(12-5-3-2-4-6-12)15(23-18)11-16(20)21/h2-10H,11H2,1H3,(H,20,21). The first-order valence-corrected chi connectivity index (χ1v) is 7.90. The number of hydrogen-bond donors (Lipinski definition) is 1. The number of benzene rings is 2. The van der Waals surface area contributed by atoms with Gasteiger partial charge in [-0.15, -0.1) is 11.3 Å². The number of ether oxygens (including phenoxy) is 1. The lowest BCUT2D eigenvalue weighted by Gasteiger charge is -2.00. The second-order valence-corrected chi connectivity index (χ2v) is 6.04. The average Bonchev–Trinajstić information content (AvgIpc) is 2.99. The summed E-state index contributed by atoms with van der Waals surface area (Å²) in [4.78, 5) is 16.6. The van der Waals surface area contributed by atoms with E-state index in [0.717, 1.165) is 32.5 Å². The number of rotatable bonds is 5. The molecular weight excluding hydrogens is 310 g/mol. The van der Waals surface area contributed by atoms with Crippen molar-refractivity contribution >= 4 is 17.3 Å². The first kappa shape index (κ1) is 15.2. The zero-order valence-electron chi connectivity index (χ0n) is 12.5. The molecule has 0 amide bonds. The molecular formula is C18H15NO3S. The molecule has 0 radical (unpaired) electrons. The highest BCUT2D eigenvalue weighted by Gasteiger charge is 2.16. The predicted octanol–water partition coefficient (Wildman–Crippen LogP) is 4.11. The van der Waals surface area contributed by atoms with Crippen molar-refractivity contribution in [2.24, 2.45) is 0 Å². The van der Waals surface area contributed by atoms with Crippen molar-refractivity contribution < 1.29 is 14.6 Å². The van der Waals surface area contributed by atoms with Crippen LogP contribution in [0.25, 0.3) is 21.8 Å². The van der Waals surface area contributed by atoms with Gasteiger partial charge in [-0.25, -0.2) is 4.98 Å². The summed E-state index contributed by atoms with van der Waals surface area (Å²) in [5.74, 6) is -0.0774. The summed E-state index contributed by atoms with van der Waals surface area (Å²) in [6, 6.07) is 17.3. The maximum atomic E-state index is 11.1. The third-order valence-electron chi connectivity index (χ3n) is 3.39. The molecule has 116 valence electrons. The summed E-state index contributed by atoms with van der Waals surface area (Å²) in [5.41, 5.74) is 2.62. The molecule has 0 saturated heterocycles. The summed E-state index contributed by atoms with van der Waals surface area (Å²) in [6.07, 6.45) is -0.0297.